The summed E-state index contributed by atoms with van der Waals surface area (Å²) in [7, 11) is 0. The first-order valence-electron chi connectivity index (χ1n) is 12.3. The molecule has 0 radical (unpaired) electrons. The first-order valence-corrected chi connectivity index (χ1v) is 13.2. The second kappa shape index (κ2) is 12.7. The Morgan fingerprint density at radius 3 is 2.46 bits per heavy atom. The molecule has 0 amide bonds. The normalized spacial score (nSPS) is 15.8. The van der Waals surface area contributed by atoms with Gasteiger partial charge in [0.1, 0.15) is 12.4 Å². The van der Waals surface area contributed by atoms with Gasteiger partial charge in [-0.3, -0.25) is 4.79 Å². The van der Waals surface area contributed by atoms with Gasteiger partial charge in [-0.1, -0.05) is 50.3 Å². The zero-order valence-electron chi connectivity index (χ0n) is 21.2. The van der Waals surface area contributed by atoms with E-state index >= 15 is 0 Å². The third kappa shape index (κ3) is 7.07. The van der Waals surface area contributed by atoms with Crippen molar-refractivity contribution in [3.8, 4) is 0 Å². The molecular formula is C29H35NO4S. The molecule has 1 unspecified atom stereocenters. The van der Waals surface area contributed by atoms with Crippen molar-refractivity contribution < 1.29 is 19.1 Å². The molecule has 0 saturated heterocycles. The van der Waals surface area contributed by atoms with Gasteiger partial charge in [-0.05, 0) is 73.1 Å². The van der Waals surface area contributed by atoms with E-state index in [1.54, 1.807) is 11.8 Å². The predicted octanol–water partition coefficient (Wildman–Crippen LogP) is 7.04. The summed E-state index contributed by atoms with van der Waals surface area (Å²) in [5, 5.41) is 0.971. The molecule has 0 bridgehead atoms. The Morgan fingerprint density at radius 1 is 1.14 bits per heavy atom. The van der Waals surface area contributed by atoms with Gasteiger partial charge >= 0.3 is 6.16 Å². The molecule has 1 aromatic heterocycles. The molecule has 35 heavy (non-hydrogen) atoms. The van der Waals surface area contributed by atoms with Crippen molar-refractivity contribution in [2.75, 3.05) is 12.4 Å². The molecule has 0 N–H and O–H groups in total. The lowest BCUT2D eigenvalue weighted by Gasteiger charge is -2.28. The summed E-state index contributed by atoms with van der Waals surface area (Å²) in [5.41, 5.74) is 5.96. The number of rotatable bonds is 10. The van der Waals surface area contributed by atoms with Gasteiger partial charge in [-0.2, -0.15) is 0 Å². The van der Waals surface area contributed by atoms with E-state index in [2.05, 4.69) is 44.5 Å². The van der Waals surface area contributed by atoms with E-state index in [1.165, 1.54) is 11.6 Å². The highest BCUT2D eigenvalue weighted by Gasteiger charge is 2.33. The molecule has 186 valence electrons. The molecule has 0 fully saturated rings. The minimum Gasteiger partial charge on any atom is -0.430 e. The zero-order chi connectivity index (χ0) is 25.4. The first-order chi connectivity index (χ1) is 16.9. The van der Waals surface area contributed by atoms with Crippen molar-refractivity contribution in [2.45, 2.75) is 64.8 Å². The van der Waals surface area contributed by atoms with E-state index in [-0.39, 0.29) is 18.3 Å². The minimum atomic E-state index is -0.799. The van der Waals surface area contributed by atoms with Crippen LogP contribution in [0.25, 0.3) is 5.57 Å². The number of carbonyl (C=O) groups excluding carboxylic acids is 2. The van der Waals surface area contributed by atoms with Gasteiger partial charge in [-0.25, -0.2) is 9.78 Å². The van der Waals surface area contributed by atoms with E-state index in [0.29, 0.717) is 24.2 Å². The van der Waals surface area contributed by atoms with Crippen LogP contribution in [0.1, 0.15) is 60.9 Å². The fourth-order valence-electron chi connectivity index (χ4n) is 4.48. The van der Waals surface area contributed by atoms with Crippen LogP contribution in [0.5, 0.6) is 0 Å². The topological polar surface area (TPSA) is 65.5 Å². The Morgan fingerprint density at radius 2 is 1.86 bits per heavy atom. The first kappa shape index (κ1) is 26.7. The summed E-state index contributed by atoms with van der Waals surface area (Å²) in [4.78, 5) is 30.4. The van der Waals surface area contributed by atoms with Crippen LogP contribution in [0.4, 0.5) is 4.79 Å². The number of nitrogens with zero attached hydrogens (tertiary/aromatic N) is 1. The van der Waals surface area contributed by atoms with Gasteiger partial charge < -0.3 is 9.47 Å². The second-order valence-electron chi connectivity index (χ2n) is 8.92. The van der Waals surface area contributed by atoms with Crippen LogP contribution >= 0.6 is 11.8 Å². The molecule has 0 saturated carbocycles. The Kier molecular flexibility index (Phi) is 9.73. The van der Waals surface area contributed by atoms with E-state index in [4.69, 9.17) is 9.47 Å². The van der Waals surface area contributed by atoms with Gasteiger partial charge in [0.2, 0.25) is 0 Å². The molecule has 1 aliphatic rings. The molecule has 3 rings (SSSR count). The number of hydrogen-bond acceptors (Lipinski definition) is 6. The summed E-state index contributed by atoms with van der Waals surface area (Å²) >= 11 is 1.68. The average molecular weight is 494 g/mol. The Balaban J connectivity index is 1.90. The minimum absolute atomic E-state index is 0.0273. The van der Waals surface area contributed by atoms with Crippen LogP contribution < -0.4 is 0 Å². The number of ketones is 1. The highest BCUT2D eigenvalue weighted by molar-refractivity contribution is 7.99. The Labute approximate surface area is 213 Å². The van der Waals surface area contributed by atoms with Crippen molar-refractivity contribution in [3.05, 3.63) is 76.7 Å². The molecule has 0 spiro atoms. The lowest BCUT2D eigenvalue weighted by molar-refractivity contribution is -0.115. The average Bonchev–Trinajstić information content (AvgIpc) is 2.84. The number of aryl methyl sites for hydroxylation is 4. The molecule has 1 aromatic carbocycles. The highest BCUT2D eigenvalue weighted by atomic mass is 32.2. The van der Waals surface area contributed by atoms with Crippen LogP contribution in [-0.4, -0.2) is 29.3 Å². The van der Waals surface area contributed by atoms with Crippen LogP contribution in [0.3, 0.4) is 0 Å². The van der Waals surface area contributed by atoms with Gasteiger partial charge in [0, 0.05) is 19.0 Å². The summed E-state index contributed by atoms with van der Waals surface area (Å²) < 4.78 is 10.8. The molecule has 1 aliphatic carbocycles. The quantitative estimate of drug-likeness (QED) is 0.201. The number of pyridine rings is 1. The third-order valence-corrected chi connectivity index (χ3v) is 7.13. The molecule has 5 nitrogen and oxygen atoms in total. The van der Waals surface area contributed by atoms with Crippen LogP contribution in [-0.2, 0) is 27.1 Å². The maximum atomic E-state index is 13.6. The van der Waals surface area contributed by atoms with Gasteiger partial charge in [0.15, 0.2) is 5.78 Å². The molecule has 1 atom stereocenters. The van der Waals surface area contributed by atoms with Crippen molar-refractivity contribution in [3.63, 3.8) is 0 Å². The maximum absolute atomic E-state index is 13.6. The third-order valence-electron chi connectivity index (χ3n) is 6.15. The number of thioether (sulfide) groups is 1. The lowest BCUT2D eigenvalue weighted by atomic mass is 9.79. The van der Waals surface area contributed by atoms with E-state index < -0.39 is 6.16 Å². The summed E-state index contributed by atoms with van der Waals surface area (Å²) in [5.74, 6) is 1.38. The standard InChI is InChI=1S/C29H35NO4S/c1-6-12-33-29(32)34-25-17-21(11-13-35-26-10-9-19(4)18-30-26)16-24(31)28(25)27-22(7-2)14-20(5)15-23(27)8-3/h6,9-10,14-15,18,21H,1,7-8,11-13,16-17H2,2-5H3. The summed E-state index contributed by atoms with van der Waals surface area (Å²) in [6, 6.07) is 8.32. The maximum Gasteiger partial charge on any atom is 0.513 e. The van der Waals surface area contributed by atoms with Crippen molar-refractivity contribution in [1.29, 1.82) is 0 Å². The number of Topliss-reactive ketones (excluding diaryl/α,β-unsaturated/α-hetero) is 1. The fourth-order valence-corrected chi connectivity index (χ4v) is 5.43. The molecule has 0 aliphatic heterocycles. The largest absolute Gasteiger partial charge is 0.513 e. The van der Waals surface area contributed by atoms with Crippen LogP contribution in [0, 0.1) is 19.8 Å². The highest BCUT2D eigenvalue weighted by Crippen LogP contribution is 2.39. The number of ether oxygens (including phenoxy) is 2. The fraction of sp³-hybridized carbons (Fsp3) is 0.414. The monoisotopic (exact) mass is 493 g/mol. The van der Waals surface area contributed by atoms with E-state index in [1.807, 2.05) is 25.3 Å². The molecular weight excluding hydrogens is 458 g/mol. The van der Waals surface area contributed by atoms with E-state index in [9.17, 15) is 9.59 Å². The van der Waals surface area contributed by atoms with Crippen LogP contribution in [0.15, 0.2) is 53.9 Å². The smallest absolute Gasteiger partial charge is 0.430 e. The summed E-state index contributed by atoms with van der Waals surface area (Å²) in [6.07, 6.45) is 5.91. The Hall–Kier alpha value is -2.86. The van der Waals surface area contributed by atoms with Gasteiger partial charge in [0.05, 0.1) is 10.6 Å². The number of allylic oxidation sites excluding steroid dienone is 2. The number of hydrogen-bond donors (Lipinski definition) is 0. The van der Waals surface area contributed by atoms with Crippen LogP contribution in [0.2, 0.25) is 0 Å². The van der Waals surface area contributed by atoms with Gasteiger partial charge in [0.25, 0.3) is 0 Å². The zero-order valence-corrected chi connectivity index (χ0v) is 22.0. The Bertz CT molecular complexity index is 1080. The van der Waals surface area contributed by atoms with Crippen molar-refractivity contribution in [2.24, 2.45) is 5.92 Å². The molecule has 1 heterocycles. The van der Waals surface area contributed by atoms with Crippen molar-refractivity contribution in [1.82, 2.24) is 4.98 Å². The van der Waals surface area contributed by atoms with Crippen molar-refractivity contribution >= 4 is 29.3 Å². The second-order valence-corrected chi connectivity index (χ2v) is 10.0. The molecule has 2 aromatic rings. The summed E-state index contributed by atoms with van der Waals surface area (Å²) in [6.45, 7) is 11.9. The van der Waals surface area contributed by atoms with E-state index in [0.717, 1.165) is 52.3 Å². The number of carbonyl (C=O) groups is 2. The molecule has 6 heteroatoms. The SMILES string of the molecule is C=CCOC(=O)OC1=C(c2c(CC)cc(C)cc2CC)C(=O)CC(CCSc2ccc(C)cn2)C1. The lowest BCUT2D eigenvalue weighted by Crippen LogP contribution is -2.23. The van der Waals surface area contributed by atoms with Gasteiger partial charge in [-0.15, -0.1) is 11.8 Å². The number of aromatic nitrogens is 1. The predicted molar refractivity (Wildman–Crippen MR) is 142 cm³/mol. The number of benzene rings is 1.